The Morgan fingerprint density at radius 3 is 2.69 bits per heavy atom. The van der Waals surface area contributed by atoms with E-state index in [-0.39, 0.29) is 35.1 Å². The summed E-state index contributed by atoms with van der Waals surface area (Å²) in [5.41, 5.74) is 0.485. The molecule has 4 heterocycles. The summed E-state index contributed by atoms with van der Waals surface area (Å²) in [7, 11) is 0. The average Bonchev–Trinajstić information content (AvgIpc) is 2.76. The predicted molar refractivity (Wildman–Crippen MR) is 120 cm³/mol. The van der Waals surface area contributed by atoms with Crippen LogP contribution in [0.5, 0.6) is 6.01 Å². The average molecular weight is 443 g/mol. The Morgan fingerprint density at radius 1 is 1.25 bits per heavy atom. The summed E-state index contributed by atoms with van der Waals surface area (Å²) < 4.78 is 5.18. The minimum Gasteiger partial charge on any atom is -0.403 e. The molecule has 9 heteroatoms. The van der Waals surface area contributed by atoms with Gasteiger partial charge >= 0.3 is 11.6 Å². The molecule has 2 aromatic heterocycles. The molecule has 2 aliphatic rings. The van der Waals surface area contributed by atoms with Crippen LogP contribution in [0.25, 0.3) is 11.1 Å². The van der Waals surface area contributed by atoms with E-state index in [0.29, 0.717) is 31.2 Å². The lowest BCUT2D eigenvalue weighted by atomic mass is 9.83. The number of carbonyl (C=O) groups excluding carboxylic acids is 1. The molecule has 9 nitrogen and oxygen atoms in total. The first-order chi connectivity index (χ1) is 15.5. The number of nitrogens with zero attached hydrogens (tertiary/aromatic N) is 3. The third-order valence-electron chi connectivity index (χ3n) is 6.38. The van der Waals surface area contributed by atoms with E-state index in [4.69, 9.17) is 9.25 Å². The van der Waals surface area contributed by atoms with E-state index >= 15 is 0 Å². The summed E-state index contributed by atoms with van der Waals surface area (Å²) in [5.74, 6) is 0.185. The van der Waals surface area contributed by atoms with E-state index in [1.54, 1.807) is 0 Å². The van der Waals surface area contributed by atoms with Gasteiger partial charge in [0.15, 0.2) is 0 Å². The van der Waals surface area contributed by atoms with E-state index in [2.05, 4.69) is 22.0 Å². The van der Waals surface area contributed by atoms with E-state index in [9.17, 15) is 14.4 Å². The van der Waals surface area contributed by atoms with Crippen molar-refractivity contribution in [3.63, 3.8) is 0 Å². The Bertz CT molecular complexity index is 1120. The van der Waals surface area contributed by atoms with Crippen molar-refractivity contribution in [1.29, 1.82) is 0 Å². The number of aromatic amines is 1. The molecule has 0 spiro atoms. The van der Waals surface area contributed by atoms with Crippen molar-refractivity contribution in [1.82, 2.24) is 14.9 Å². The maximum Gasteiger partial charge on any atom is 0.337 e. The summed E-state index contributed by atoms with van der Waals surface area (Å²) in [6.45, 7) is 3.98. The second kappa shape index (κ2) is 9.67. The van der Waals surface area contributed by atoms with Gasteiger partial charge in [0.25, 0.3) is 5.56 Å². The van der Waals surface area contributed by atoms with Crippen LogP contribution < -0.4 is 16.0 Å². The van der Waals surface area contributed by atoms with Crippen LogP contribution in [0.2, 0.25) is 0 Å². The maximum atomic E-state index is 12.7. The lowest BCUT2D eigenvalue weighted by molar-refractivity contribution is -0.138. The zero-order chi connectivity index (χ0) is 22.7. The number of nitrogens with one attached hydrogen (secondary N) is 1. The molecule has 0 aliphatic carbocycles. The van der Waals surface area contributed by atoms with Crippen molar-refractivity contribution in [2.24, 2.45) is 5.16 Å². The fourth-order valence-corrected chi connectivity index (χ4v) is 4.90. The predicted octanol–water partition coefficient (Wildman–Crippen LogP) is 3.30. The lowest BCUT2D eigenvalue weighted by Gasteiger charge is -2.46. The molecule has 2 bridgehead atoms. The van der Waals surface area contributed by atoms with Crippen molar-refractivity contribution >= 4 is 22.7 Å². The number of carbonyl (C=O) groups is 1. The van der Waals surface area contributed by atoms with Crippen LogP contribution in [0.3, 0.4) is 0 Å². The molecule has 1 amide bonds. The largest absolute Gasteiger partial charge is 0.403 e. The fourth-order valence-electron chi connectivity index (χ4n) is 4.90. The Kier molecular flexibility index (Phi) is 6.72. The lowest BCUT2D eigenvalue weighted by Crippen LogP contribution is -2.54. The first-order valence-electron chi connectivity index (χ1n) is 11.6. The second-order valence-electron chi connectivity index (χ2n) is 8.65. The number of fused-ring (bicyclic) bond motifs is 3. The van der Waals surface area contributed by atoms with Gasteiger partial charge < -0.3 is 14.2 Å². The monoisotopic (exact) mass is 442 g/mol. The Balaban J connectivity index is 1.55. The summed E-state index contributed by atoms with van der Waals surface area (Å²) in [4.78, 5) is 51.3. The molecule has 1 N–H and O–H groups in total. The number of amides is 1. The molecule has 4 rings (SSSR count). The fraction of sp³-hybridized carbons (Fsp3) is 0.609. The highest BCUT2D eigenvalue weighted by atomic mass is 16.6. The molecule has 2 saturated heterocycles. The van der Waals surface area contributed by atoms with Crippen LogP contribution in [0.15, 0.2) is 25.2 Å². The van der Waals surface area contributed by atoms with Crippen molar-refractivity contribution in [3.05, 3.63) is 32.4 Å². The van der Waals surface area contributed by atoms with Crippen molar-refractivity contribution in [3.8, 4) is 6.01 Å². The van der Waals surface area contributed by atoms with E-state index in [1.165, 1.54) is 6.07 Å². The molecule has 2 aliphatic heterocycles. The number of hydrogen-bond donors (Lipinski definition) is 1. The normalized spacial score (nSPS) is 20.4. The van der Waals surface area contributed by atoms with Crippen LogP contribution in [0, 0.1) is 0 Å². The van der Waals surface area contributed by atoms with Crippen molar-refractivity contribution < 1.29 is 14.0 Å². The highest BCUT2D eigenvalue weighted by Crippen LogP contribution is 2.33. The molecule has 2 unspecified atom stereocenters. The molecule has 0 saturated carbocycles. The van der Waals surface area contributed by atoms with Crippen LogP contribution in [0.4, 0.5) is 0 Å². The number of oxime groups is 1. The molecular weight excluding hydrogens is 412 g/mol. The molecular formula is C23H30N4O5. The summed E-state index contributed by atoms with van der Waals surface area (Å²) >= 11 is 0. The summed E-state index contributed by atoms with van der Waals surface area (Å²) in [5, 5.41) is 4.51. The topological polar surface area (TPSA) is 118 Å². The van der Waals surface area contributed by atoms with Crippen LogP contribution in [-0.4, -0.2) is 38.6 Å². The first-order valence-corrected chi connectivity index (χ1v) is 11.6. The number of rotatable bonds is 7. The van der Waals surface area contributed by atoms with E-state index < -0.39 is 11.2 Å². The number of piperidine rings is 2. The number of aromatic nitrogens is 2. The third-order valence-corrected chi connectivity index (χ3v) is 6.38. The van der Waals surface area contributed by atoms with Crippen LogP contribution in [0.1, 0.15) is 77.2 Å². The summed E-state index contributed by atoms with van der Waals surface area (Å²) in [6, 6.07) is 1.54. The van der Waals surface area contributed by atoms with Crippen molar-refractivity contribution in [2.75, 3.05) is 0 Å². The zero-order valence-electron chi connectivity index (χ0n) is 18.7. The third kappa shape index (κ3) is 4.61. The first kappa shape index (κ1) is 22.2. The maximum absolute atomic E-state index is 12.7. The van der Waals surface area contributed by atoms with Crippen molar-refractivity contribution in [2.45, 2.75) is 90.1 Å². The highest BCUT2D eigenvalue weighted by molar-refractivity contribution is 5.88. The van der Waals surface area contributed by atoms with Gasteiger partial charge in [0.05, 0.1) is 5.71 Å². The standard InChI is InChI=1S/C23H30N4O5/c1-3-5-6-8-14-11-19(29)31-22-20(14)21(30)24-23(25-22)32-26-15-12-16-9-7-10-17(13-15)27(16)18(28)4-2/h11,16-17H,3-10,12-13H2,1-2H3,(H,24,25,30). The van der Waals surface area contributed by atoms with Gasteiger partial charge in [-0.25, -0.2) is 4.79 Å². The Morgan fingerprint density at radius 2 is 2.00 bits per heavy atom. The molecule has 172 valence electrons. The van der Waals surface area contributed by atoms with Crippen LogP contribution in [-0.2, 0) is 11.2 Å². The smallest absolute Gasteiger partial charge is 0.337 e. The molecule has 0 radical (unpaired) electrons. The molecule has 0 aromatic carbocycles. The minimum atomic E-state index is -0.542. The van der Waals surface area contributed by atoms with Gasteiger partial charge in [-0.3, -0.25) is 14.6 Å². The zero-order valence-corrected chi connectivity index (χ0v) is 18.7. The quantitative estimate of drug-likeness (QED) is 0.519. The van der Waals surface area contributed by atoms with E-state index in [1.807, 2.05) is 11.8 Å². The minimum absolute atomic E-state index is 0.0387. The highest BCUT2D eigenvalue weighted by Gasteiger charge is 2.39. The second-order valence-corrected chi connectivity index (χ2v) is 8.65. The molecule has 2 atom stereocenters. The summed E-state index contributed by atoms with van der Waals surface area (Å²) in [6.07, 6.45) is 8.36. The van der Waals surface area contributed by atoms with Gasteiger partial charge in [0.1, 0.15) is 5.39 Å². The van der Waals surface area contributed by atoms with Gasteiger partial charge in [-0.15, -0.1) is 0 Å². The van der Waals surface area contributed by atoms with Gasteiger partial charge in [0, 0.05) is 37.4 Å². The number of H-pyrrole nitrogens is 1. The van der Waals surface area contributed by atoms with E-state index in [0.717, 1.165) is 44.2 Å². The Hall–Kier alpha value is -2.97. The van der Waals surface area contributed by atoms with Gasteiger partial charge in [0.2, 0.25) is 11.6 Å². The van der Waals surface area contributed by atoms with Gasteiger partial charge in [-0.2, -0.15) is 4.98 Å². The van der Waals surface area contributed by atoms with Crippen LogP contribution >= 0.6 is 0 Å². The molecule has 2 fully saturated rings. The SMILES string of the molecule is CCCCCc1cc(=O)oc2nc(ON=C3CC4CCCC(C3)N4C(=O)CC)[nH]c(=O)c12. The Labute approximate surface area is 185 Å². The van der Waals surface area contributed by atoms with Gasteiger partial charge in [-0.1, -0.05) is 31.8 Å². The number of aryl methyl sites for hydroxylation is 1. The number of hydrogen-bond acceptors (Lipinski definition) is 7. The number of unbranched alkanes of at least 4 members (excludes halogenated alkanes) is 2. The molecule has 2 aromatic rings. The van der Waals surface area contributed by atoms with Gasteiger partial charge in [-0.05, 0) is 37.7 Å². The molecule has 32 heavy (non-hydrogen) atoms.